The lowest BCUT2D eigenvalue weighted by molar-refractivity contribution is -0.133. The number of hydrogen-bond acceptors (Lipinski definition) is 3. The van der Waals surface area contributed by atoms with E-state index in [0.717, 1.165) is 48.5 Å². The van der Waals surface area contributed by atoms with Gasteiger partial charge in [-0.3, -0.25) is 9.78 Å². The monoisotopic (exact) mass is 367 g/mol. The molecule has 6 nitrogen and oxygen atoms in total. The molecule has 0 bridgehead atoms. The number of nitrogens with zero attached hydrogens (tertiary/aromatic N) is 3. The number of rotatable bonds is 5. The number of carbonyl (C=O) groups is 1. The van der Waals surface area contributed by atoms with Crippen molar-refractivity contribution >= 4 is 22.8 Å². The van der Waals surface area contributed by atoms with E-state index in [1.165, 1.54) is 0 Å². The molecule has 0 aliphatic carbocycles. The van der Waals surface area contributed by atoms with E-state index in [9.17, 15) is 4.79 Å². The molecule has 1 atom stereocenters. The summed E-state index contributed by atoms with van der Waals surface area (Å²) in [5, 5.41) is 7.94. The minimum Gasteiger partial charge on any atom is -0.357 e. The number of carbonyl (C=O) groups excluding carboxylic acids is 1. The number of amides is 1. The largest absolute Gasteiger partial charge is 0.357 e. The van der Waals surface area contributed by atoms with Gasteiger partial charge in [-0.15, -0.1) is 0 Å². The standard InChI is InChI=1S/C21H29N5O/c1-4-22-21(25-17-10-12-26(14-17)20(27)15(2)3)24-13-16-9-11-23-19-8-6-5-7-18(16)19/h5-9,11,15,17H,4,10,12-14H2,1-3H3,(H2,22,24,25). The van der Waals surface area contributed by atoms with Crippen molar-refractivity contribution in [3.8, 4) is 0 Å². The maximum absolute atomic E-state index is 12.2. The molecule has 1 fully saturated rings. The Morgan fingerprint density at radius 2 is 2.15 bits per heavy atom. The molecule has 1 aromatic heterocycles. The first-order chi connectivity index (χ1) is 13.1. The number of aliphatic imine (C=N–C) groups is 1. The third-order valence-corrected chi connectivity index (χ3v) is 4.83. The molecule has 27 heavy (non-hydrogen) atoms. The minimum absolute atomic E-state index is 0.0469. The Balaban J connectivity index is 1.67. The summed E-state index contributed by atoms with van der Waals surface area (Å²) in [6.45, 7) is 8.89. The van der Waals surface area contributed by atoms with E-state index < -0.39 is 0 Å². The highest BCUT2D eigenvalue weighted by atomic mass is 16.2. The fraction of sp³-hybridized carbons (Fsp3) is 0.476. The van der Waals surface area contributed by atoms with Crippen LogP contribution in [-0.2, 0) is 11.3 Å². The highest BCUT2D eigenvalue weighted by molar-refractivity contribution is 5.83. The smallest absolute Gasteiger partial charge is 0.225 e. The van der Waals surface area contributed by atoms with Crippen molar-refractivity contribution < 1.29 is 4.79 Å². The highest BCUT2D eigenvalue weighted by Gasteiger charge is 2.27. The van der Waals surface area contributed by atoms with Crippen molar-refractivity contribution in [1.82, 2.24) is 20.5 Å². The summed E-state index contributed by atoms with van der Waals surface area (Å²) in [7, 11) is 0. The van der Waals surface area contributed by atoms with Gasteiger partial charge in [0, 0.05) is 43.2 Å². The van der Waals surface area contributed by atoms with Crippen LogP contribution in [0.25, 0.3) is 10.9 Å². The number of likely N-dealkylation sites (tertiary alicyclic amines) is 1. The van der Waals surface area contributed by atoms with E-state index in [0.29, 0.717) is 6.54 Å². The minimum atomic E-state index is 0.0469. The number of fused-ring (bicyclic) bond motifs is 1. The second kappa shape index (κ2) is 8.84. The first-order valence-electron chi connectivity index (χ1n) is 9.74. The van der Waals surface area contributed by atoms with Gasteiger partial charge in [0.2, 0.25) is 5.91 Å². The Morgan fingerprint density at radius 3 is 2.93 bits per heavy atom. The fourth-order valence-corrected chi connectivity index (χ4v) is 3.41. The van der Waals surface area contributed by atoms with Gasteiger partial charge in [-0.25, -0.2) is 4.99 Å². The van der Waals surface area contributed by atoms with E-state index in [4.69, 9.17) is 4.99 Å². The average Bonchev–Trinajstić information content (AvgIpc) is 3.14. The summed E-state index contributed by atoms with van der Waals surface area (Å²) in [4.78, 5) is 23.3. The molecule has 6 heteroatoms. The van der Waals surface area contributed by atoms with Crippen LogP contribution >= 0.6 is 0 Å². The molecule has 1 aliphatic heterocycles. The lowest BCUT2D eigenvalue weighted by Gasteiger charge is -2.20. The second-order valence-corrected chi connectivity index (χ2v) is 7.25. The average molecular weight is 367 g/mol. The molecule has 1 unspecified atom stereocenters. The van der Waals surface area contributed by atoms with Crippen LogP contribution in [0.1, 0.15) is 32.8 Å². The van der Waals surface area contributed by atoms with Crippen LogP contribution in [0.3, 0.4) is 0 Å². The summed E-state index contributed by atoms with van der Waals surface area (Å²) in [6.07, 6.45) is 2.78. The highest BCUT2D eigenvalue weighted by Crippen LogP contribution is 2.17. The van der Waals surface area contributed by atoms with Crippen molar-refractivity contribution in [3.05, 3.63) is 42.1 Å². The number of guanidine groups is 1. The van der Waals surface area contributed by atoms with Gasteiger partial charge in [-0.1, -0.05) is 32.0 Å². The Hall–Kier alpha value is -2.63. The van der Waals surface area contributed by atoms with Crippen LogP contribution in [0.15, 0.2) is 41.5 Å². The number of para-hydroxylation sites is 1. The van der Waals surface area contributed by atoms with E-state index >= 15 is 0 Å². The van der Waals surface area contributed by atoms with E-state index in [1.807, 2.05) is 49.2 Å². The molecule has 1 aromatic carbocycles. The predicted molar refractivity (Wildman–Crippen MR) is 110 cm³/mol. The molecule has 2 N–H and O–H groups in total. The fourth-order valence-electron chi connectivity index (χ4n) is 3.41. The van der Waals surface area contributed by atoms with Gasteiger partial charge in [0.1, 0.15) is 0 Å². The molecule has 1 saturated heterocycles. The van der Waals surface area contributed by atoms with Gasteiger partial charge in [0.15, 0.2) is 5.96 Å². The predicted octanol–water partition coefficient (Wildman–Crippen LogP) is 2.55. The first-order valence-corrected chi connectivity index (χ1v) is 9.74. The van der Waals surface area contributed by atoms with Crippen LogP contribution in [0.5, 0.6) is 0 Å². The van der Waals surface area contributed by atoms with Gasteiger partial charge in [-0.2, -0.15) is 0 Å². The van der Waals surface area contributed by atoms with E-state index in [2.05, 4.69) is 28.6 Å². The molecule has 0 spiro atoms. The van der Waals surface area contributed by atoms with E-state index in [1.54, 1.807) is 0 Å². The van der Waals surface area contributed by atoms with Crippen molar-refractivity contribution in [2.45, 2.75) is 39.8 Å². The third kappa shape index (κ3) is 4.76. The van der Waals surface area contributed by atoms with Crippen molar-refractivity contribution in [2.24, 2.45) is 10.9 Å². The van der Waals surface area contributed by atoms with Crippen molar-refractivity contribution in [3.63, 3.8) is 0 Å². The summed E-state index contributed by atoms with van der Waals surface area (Å²) in [5.41, 5.74) is 2.14. The maximum atomic E-state index is 12.2. The molecular weight excluding hydrogens is 338 g/mol. The Morgan fingerprint density at radius 1 is 1.33 bits per heavy atom. The molecule has 1 aliphatic rings. The summed E-state index contributed by atoms with van der Waals surface area (Å²) in [6, 6.07) is 10.4. The molecule has 0 radical (unpaired) electrons. The topological polar surface area (TPSA) is 69.6 Å². The SMILES string of the molecule is CCNC(=NCc1ccnc2ccccc12)NC1CCN(C(=O)C(C)C)C1. The first kappa shape index (κ1) is 19.1. The third-order valence-electron chi connectivity index (χ3n) is 4.83. The lowest BCUT2D eigenvalue weighted by atomic mass is 10.1. The molecule has 1 amide bonds. The van der Waals surface area contributed by atoms with Gasteiger partial charge in [0.25, 0.3) is 0 Å². The summed E-state index contributed by atoms with van der Waals surface area (Å²) >= 11 is 0. The van der Waals surface area contributed by atoms with Gasteiger partial charge in [-0.05, 0) is 31.0 Å². The molecule has 2 heterocycles. The Bertz CT molecular complexity index is 812. The van der Waals surface area contributed by atoms with Crippen LogP contribution in [0, 0.1) is 5.92 Å². The zero-order valence-corrected chi connectivity index (χ0v) is 16.4. The molecule has 2 aromatic rings. The van der Waals surface area contributed by atoms with E-state index in [-0.39, 0.29) is 17.9 Å². The summed E-state index contributed by atoms with van der Waals surface area (Å²) in [5.74, 6) is 1.07. The lowest BCUT2D eigenvalue weighted by Crippen LogP contribution is -2.45. The number of benzene rings is 1. The quantitative estimate of drug-likeness (QED) is 0.629. The van der Waals surface area contributed by atoms with Gasteiger partial charge >= 0.3 is 0 Å². The molecular formula is C21H29N5O. The van der Waals surface area contributed by atoms with Crippen LogP contribution in [-0.4, -0.2) is 47.4 Å². The normalized spacial score (nSPS) is 17.6. The zero-order chi connectivity index (χ0) is 19.2. The van der Waals surface area contributed by atoms with Gasteiger partial charge < -0.3 is 15.5 Å². The number of hydrogen-bond donors (Lipinski definition) is 2. The van der Waals surface area contributed by atoms with Crippen molar-refractivity contribution in [1.29, 1.82) is 0 Å². The zero-order valence-electron chi connectivity index (χ0n) is 16.4. The number of aromatic nitrogens is 1. The summed E-state index contributed by atoms with van der Waals surface area (Å²) < 4.78 is 0. The second-order valence-electron chi connectivity index (χ2n) is 7.25. The van der Waals surface area contributed by atoms with Crippen LogP contribution in [0.2, 0.25) is 0 Å². The number of pyridine rings is 1. The molecule has 144 valence electrons. The van der Waals surface area contributed by atoms with Crippen LogP contribution in [0.4, 0.5) is 0 Å². The van der Waals surface area contributed by atoms with Crippen molar-refractivity contribution in [2.75, 3.05) is 19.6 Å². The Labute approximate surface area is 161 Å². The number of nitrogens with one attached hydrogen (secondary N) is 2. The molecule has 0 saturated carbocycles. The maximum Gasteiger partial charge on any atom is 0.225 e. The molecule has 3 rings (SSSR count). The van der Waals surface area contributed by atoms with Gasteiger partial charge in [0.05, 0.1) is 12.1 Å². The Kier molecular flexibility index (Phi) is 6.27. The van der Waals surface area contributed by atoms with Crippen LogP contribution < -0.4 is 10.6 Å².